The number of amides is 2. The highest BCUT2D eigenvalue weighted by atomic mass is 35.5. The van der Waals surface area contributed by atoms with Gasteiger partial charge in [-0.2, -0.15) is 0 Å². The van der Waals surface area contributed by atoms with Crippen LogP contribution in [0.1, 0.15) is 19.4 Å². The number of anilines is 1. The molecule has 0 saturated carbocycles. The van der Waals surface area contributed by atoms with Crippen LogP contribution in [0.5, 0.6) is 0 Å². The lowest BCUT2D eigenvalue weighted by Crippen LogP contribution is -2.46. The Morgan fingerprint density at radius 2 is 1.89 bits per heavy atom. The van der Waals surface area contributed by atoms with Gasteiger partial charge in [0.05, 0.1) is 24.8 Å². The summed E-state index contributed by atoms with van der Waals surface area (Å²) in [6, 6.07) is 9.42. The number of halogens is 1. The maximum atomic E-state index is 12.1. The number of pyridine rings is 1. The van der Waals surface area contributed by atoms with E-state index >= 15 is 0 Å². The zero-order valence-corrected chi connectivity index (χ0v) is 16.0. The molecule has 0 aliphatic heterocycles. The highest BCUT2D eigenvalue weighted by Gasteiger charge is 2.17. The maximum Gasteiger partial charge on any atom is 0.250 e. The van der Waals surface area contributed by atoms with Crippen LogP contribution >= 0.6 is 11.6 Å². The first-order chi connectivity index (χ1) is 12.8. The lowest BCUT2D eigenvalue weighted by atomic mass is 10.1. The third-order valence-electron chi connectivity index (χ3n) is 4.01. The summed E-state index contributed by atoms with van der Waals surface area (Å²) >= 11 is 6.13. The number of aromatic nitrogens is 1. The molecule has 7 nitrogen and oxygen atoms in total. The van der Waals surface area contributed by atoms with Gasteiger partial charge in [-0.25, -0.2) is 0 Å². The number of nitrogens with two attached hydrogens (primary N) is 1. The Morgan fingerprint density at radius 1 is 1.19 bits per heavy atom. The van der Waals surface area contributed by atoms with Gasteiger partial charge in [0.1, 0.15) is 0 Å². The fourth-order valence-corrected chi connectivity index (χ4v) is 2.53. The molecule has 0 unspecified atom stereocenters. The number of rotatable bonds is 7. The second-order valence-electron chi connectivity index (χ2n) is 6.51. The Labute approximate surface area is 162 Å². The quantitative estimate of drug-likeness (QED) is 0.667. The van der Waals surface area contributed by atoms with Gasteiger partial charge in [0.2, 0.25) is 11.8 Å². The first-order valence-electron chi connectivity index (χ1n) is 8.55. The first kappa shape index (κ1) is 20.7. The number of carbonyl (C=O) groups is 2. The molecule has 27 heavy (non-hydrogen) atoms. The van der Waals surface area contributed by atoms with Crippen LogP contribution in [-0.2, 0) is 16.1 Å². The first-order valence-corrected chi connectivity index (χ1v) is 8.92. The lowest BCUT2D eigenvalue weighted by Gasteiger charge is -2.15. The number of carbonyl (C=O) groups excluding carboxylic acids is 2. The summed E-state index contributed by atoms with van der Waals surface area (Å²) in [5.74, 6) is -0.826. The van der Waals surface area contributed by atoms with E-state index < -0.39 is 11.9 Å². The maximum absolute atomic E-state index is 12.1. The van der Waals surface area contributed by atoms with Gasteiger partial charge in [0.25, 0.3) is 5.56 Å². The van der Waals surface area contributed by atoms with E-state index in [1.165, 1.54) is 22.9 Å². The average Bonchev–Trinajstić information content (AvgIpc) is 2.63. The molecule has 1 atom stereocenters. The van der Waals surface area contributed by atoms with E-state index in [1.54, 1.807) is 6.07 Å². The van der Waals surface area contributed by atoms with E-state index in [-0.39, 0.29) is 30.5 Å². The number of nitrogens with one attached hydrogen (secondary N) is 2. The normalized spacial score (nSPS) is 11.9. The molecule has 144 valence electrons. The van der Waals surface area contributed by atoms with Crippen molar-refractivity contribution in [3.05, 3.63) is 63.5 Å². The van der Waals surface area contributed by atoms with Gasteiger partial charge in [-0.1, -0.05) is 43.6 Å². The molecule has 0 spiro atoms. The molecular weight excluding hydrogens is 368 g/mol. The number of hydrogen-bond acceptors (Lipinski definition) is 4. The van der Waals surface area contributed by atoms with Gasteiger partial charge in [0.15, 0.2) is 0 Å². The molecule has 0 bridgehead atoms. The van der Waals surface area contributed by atoms with Crippen molar-refractivity contribution in [3.8, 4) is 0 Å². The van der Waals surface area contributed by atoms with Crippen LogP contribution < -0.4 is 21.9 Å². The predicted molar refractivity (Wildman–Crippen MR) is 106 cm³/mol. The van der Waals surface area contributed by atoms with E-state index in [4.69, 9.17) is 17.3 Å². The summed E-state index contributed by atoms with van der Waals surface area (Å²) in [5, 5.41) is 5.70. The molecule has 1 aromatic heterocycles. The standard InChI is InChI=1S/C19H23ClN4O3/c1-12(2)18(21)19(27)22-9-16(25)23-14-7-8-17(26)24(11-14)10-13-5-3-4-6-15(13)20/h3-8,11-12,18H,9-10,21H2,1-2H3,(H,22,27)(H,23,25)/t18-/m0/s1. The van der Waals surface area contributed by atoms with E-state index in [0.29, 0.717) is 10.7 Å². The zero-order valence-electron chi connectivity index (χ0n) is 15.2. The van der Waals surface area contributed by atoms with Crippen LogP contribution in [0.4, 0.5) is 5.69 Å². The van der Waals surface area contributed by atoms with Crippen molar-refractivity contribution >= 4 is 29.1 Å². The Balaban J connectivity index is 2.01. The van der Waals surface area contributed by atoms with Gasteiger partial charge in [0, 0.05) is 17.3 Å². The second kappa shape index (κ2) is 9.34. The topological polar surface area (TPSA) is 106 Å². The van der Waals surface area contributed by atoms with Gasteiger partial charge in [-0.05, 0) is 23.6 Å². The molecule has 2 rings (SSSR count). The van der Waals surface area contributed by atoms with E-state index in [9.17, 15) is 14.4 Å². The third kappa shape index (κ3) is 5.94. The summed E-state index contributed by atoms with van der Waals surface area (Å²) in [6.45, 7) is 3.73. The van der Waals surface area contributed by atoms with E-state index in [2.05, 4.69) is 10.6 Å². The summed E-state index contributed by atoms with van der Waals surface area (Å²) in [5.41, 5.74) is 6.74. The van der Waals surface area contributed by atoms with Gasteiger partial charge < -0.3 is 20.9 Å². The van der Waals surface area contributed by atoms with Crippen LogP contribution in [0.25, 0.3) is 0 Å². The Kier molecular flexibility index (Phi) is 7.15. The molecule has 1 heterocycles. The van der Waals surface area contributed by atoms with Crippen molar-refractivity contribution in [1.82, 2.24) is 9.88 Å². The molecule has 2 aromatic rings. The molecule has 0 radical (unpaired) electrons. The van der Waals surface area contributed by atoms with Crippen LogP contribution in [-0.4, -0.2) is 29.0 Å². The molecule has 8 heteroatoms. The molecule has 2 amide bonds. The SMILES string of the molecule is CC(C)[C@H](N)C(=O)NCC(=O)Nc1ccc(=O)n(Cc2ccccc2Cl)c1. The molecule has 0 fully saturated rings. The minimum Gasteiger partial charge on any atom is -0.346 e. The highest BCUT2D eigenvalue weighted by Crippen LogP contribution is 2.16. The van der Waals surface area contributed by atoms with Crippen molar-refractivity contribution in [2.75, 3.05) is 11.9 Å². The lowest BCUT2D eigenvalue weighted by molar-refractivity contribution is -0.125. The molecule has 0 aliphatic rings. The van der Waals surface area contributed by atoms with Crippen molar-refractivity contribution < 1.29 is 9.59 Å². The Morgan fingerprint density at radius 3 is 2.56 bits per heavy atom. The van der Waals surface area contributed by atoms with Crippen LogP contribution in [0.2, 0.25) is 5.02 Å². The third-order valence-corrected chi connectivity index (χ3v) is 4.38. The fraction of sp³-hybridized carbons (Fsp3) is 0.316. The van der Waals surface area contributed by atoms with Crippen LogP contribution in [0.3, 0.4) is 0 Å². The van der Waals surface area contributed by atoms with Crippen molar-refractivity contribution in [1.29, 1.82) is 0 Å². The minimum absolute atomic E-state index is 0.0265. The van der Waals surface area contributed by atoms with Crippen molar-refractivity contribution in [2.24, 2.45) is 11.7 Å². The Hall–Kier alpha value is -2.64. The highest BCUT2D eigenvalue weighted by molar-refractivity contribution is 6.31. The van der Waals surface area contributed by atoms with E-state index in [0.717, 1.165) is 5.56 Å². The number of nitrogens with zero attached hydrogens (tertiary/aromatic N) is 1. The van der Waals surface area contributed by atoms with Crippen molar-refractivity contribution in [2.45, 2.75) is 26.4 Å². The number of hydrogen-bond donors (Lipinski definition) is 3. The van der Waals surface area contributed by atoms with Gasteiger partial charge in [-0.3, -0.25) is 14.4 Å². The second-order valence-corrected chi connectivity index (χ2v) is 6.92. The minimum atomic E-state index is -0.671. The largest absolute Gasteiger partial charge is 0.346 e. The number of benzene rings is 1. The zero-order chi connectivity index (χ0) is 20.0. The Bertz CT molecular complexity index is 879. The van der Waals surface area contributed by atoms with Crippen molar-refractivity contribution in [3.63, 3.8) is 0 Å². The summed E-state index contributed by atoms with van der Waals surface area (Å²) in [4.78, 5) is 35.9. The fourth-order valence-electron chi connectivity index (χ4n) is 2.33. The smallest absolute Gasteiger partial charge is 0.250 e. The molecule has 0 saturated heterocycles. The van der Waals surface area contributed by atoms with Gasteiger partial charge in [-0.15, -0.1) is 0 Å². The predicted octanol–water partition coefficient (Wildman–Crippen LogP) is 1.59. The summed E-state index contributed by atoms with van der Waals surface area (Å²) in [7, 11) is 0. The average molecular weight is 391 g/mol. The van der Waals surface area contributed by atoms with Crippen LogP contribution in [0, 0.1) is 5.92 Å². The molecule has 4 N–H and O–H groups in total. The summed E-state index contributed by atoms with van der Waals surface area (Å²) in [6.07, 6.45) is 1.53. The molecule has 0 aliphatic carbocycles. The molecule has 1 aromatic carbocycles. The monoisotopic (exact) mass is 390 g/mol. The van der Waals surface area contributed by atoms with Gasteiger partial charge >= 0.3 is 0 Å². The van der Waals surface area contributed by atoms with E-state index in [1.807, 2.05) is 32.0 Å². The molecular formula is C19H23ClN4O3. The van der Waals surface area contributed by atoms with Crippen LogP contribution in [0.15, 0.2) is 47.4 Å². The summed E-state index contributed by atoms with van der Waals surface area (Å²) < 4.78 is 1.45.